The van der Waals surface area contributed by atoms with Gasteiger partial charge in [0.25, 0.3) is 0 Å². The van der Waals surface area contributed by atoms with Crippen LogP contribution in [0.2, 0.25) is 0 Å². The van der Waals surface area contributed by atoms with Gasteiger partial charge >= 0.3 is 11.9 Å². The molecule has 1 aliphatic heterocycles. The third kappa shape index (κ3) is 6.95. The van der Waals surface area contributed by atoms with Gasteiger partial charge in [0.1, 0.15) is 18.8 Å². The lowest BCUT2D eigenvalue weighted by molar-refractivity contribution is -0.213. The van der Waals surface area contributed by atoms with Crippen LogP contribution < -0.4 is 0 Å². The quantitative estimate of drug-likeness (QED) is 0.187. The molecule has 0 bridgehead atoms. The number of allylic oxidation sites excluding steroid dienone is 1. The Morgan fingerprint density at radius 1 is 0.977 bits per heavy atom. The number of ether oxygens (including phenoxy) is 4. The summed E-state index contributed by atoms with van der Waals surface area (Å²) < 4.78 is 23.2. The van der Waals surface area contributed by atoms with Crippen molar-refractivity contribution in [2.45, 2.75) is 144 Å². The molecule has 3 fully saturated rings. The van der Waals surface area contributed by atoms with E-state index in [0.29, 0.717) is 5.41 Å². The fourth-order valence-electron chi connectivity index (χ4n) is 10.3. The minimum atomic E-state index is -0.598. The fourth-order valence-corrected chi connectivity index (χ4v) is 10.3. The highest BCUT2D eigenvalue weighted by molar-refractivity contribution is 5.66. The van der Waals surface area contributed by atoms with E-state index < -0.39 is 30.4 Å². The molecule has 0 amide bonds. The van der Waals surface area contributed by atoms with Gasteiger partial charge in [-0.2, -0.15) is 0 Å². The number of hydrogen-bond donors (Lipinski definition) is 0. The Morgan fingerprint density at radius 3 is 2.49 bits per heavy atom. The van der Waals surface area contributed by atoms with E-state index in [1.54, 1.807) is 11.6 Å². The van der Waals surface area contributed by atoms with Gasteiger partial charge in [0.2, 0.25) is 0 Å². The molecule has 242 valence electrons. The van der Waals surface area contributed by atoms with E-state index in [4.69, 9.17) is 18.9 Å². The predicted octanol–water partition coefficient (Wildman–Crippen LogP) is 8.19. The average molecular weight is 599 g/mol. The maximum atomic E-state index is 11.6. The van der Waals surface area contributed by atoms with Crippen molar-refractivity contribution in [3.63, 3.8) is 0 Å². The number of carbonyl (C=O) groups is 2. The lowest BCUT2D eigenvalue weighted by Gasteiger charge is -2.58. The Hall–Kier alpha value is -1.66. The molecule has 43 heavy (non-hydrogen) atoms. The van der Waals surface area contributed by atoms with Crippen molar-refractivity contribution in [2.75, 3.05) is 6.61 Å². The van der Waals surface area contributed by atoms with Crippen molar-refractivity contribution < 1.29 is 28.5 Å². The Balaban J connectivity index is 1.21. The summed E-state index contributed by atoms with van der Waals surface area (Å²) in [5.41, 5.74) is 2.38. The maximum Gasteiger partial charge on any atom is 0.303 e. The predicted molar refractivity (Wildman–Crippen MR) is 168 cm³/mol. The summed E-state index contributed by atoms with van der Waals surface area (Å²) in [7, 11) is 0. The van der Waals surface area contributed by atoms with E-state index in [9.17, 15) is 9.59 Å². The molecule has 0 saturated heterocycles. The summed E-state index contributed by atoms with van der Waals surface area (Å²) in [6.45, 7) is 15.3. The molecule has 4 aliphatic carbocycles. The highest BCUT2D eigenvalue weighted by atomic mass is 16.7. The third-order valence-corrected chi connectivity index (χ3v) is 12.5. The van der Waals surface area contributed by atoms with Gasteiger partial charge in [-0.05, 0) is 110 Å². The molecule has 11 atom stereocenters. The topological polar surface area (TPSA) is 71.1 Å². The fraction of sp³-hybridized carbons (Fsp3) is 0.838. The van der Waals surface area contributed by atoms with Crippen LogP contribution in [0, 0.1) is 46.3 Å². The maximum absolute atomic E-state index is 11.6. The largest absolute Gasteiger partial charge is 0.463 e. The first-order chi connectivity index (χ1) is 20.4. The molecule has 0 aromatic carbocycles. The molecule has 3 saturated carbocycles. The summed E-state index contributed by atoms with van der Waals surface area (Å²) >= 11 is 0. The van der Waals surface area contributed by atoms with E-state index >= 15 is 0 Å². The van der Waals surface area contributed by atoms with Crippen molar-refractivity contribution in [1.29, 1.82) is 0 Å². The highest BCUT2D eigenvalue weighted by Gasteiger charge is 2.59. The summed E-state index contributed by atoms with van der Waals surface area (Å²) in [6.07, 6.45) is 18.7. The van der Waals surface area contributed by atoms with Crippen molar-refractivity contribution >= 4 is 11.9 Å². The van der Waals surface area contributed by atoms with Crippen molar-refractivity contribution in [3.8, 4) is 0 Å². The molecule has 0 radical (unpaired) electrons. The Labute approximate surface area is 260 Å². The molecule has 5 rings (SSSR count). The molecular weight excluding hydrogens is 540 g/mol. The summed E-state index contributed by atoms with van der Waals surface area (Å²) in [5, 5.41) is 0. The molecule has 5 aliphatic rings. The SMILES string of the molecule is CC(=O)OC[C@H]1O[C@H](O[C@H]2CC[C@@]3(C)C(=CC[C@H]4[C@@H]5CC[C@H]([C@H](C)CCCC(C)C)[C@@]5(C)CC[C@@H]43)C2)C=C[C@@H]1OC(C)=O. The second-order valence-electron chi connectivity index (χ2n) is 15.6. The minimum absolute atomic E-state index is 0.0199. The summed E-state index contributed by atoms with van der Waals surface area (Å²) in [6, 6.07) is 0. The summed E-state index contributed by atoms with van der Waals surface area (Å²) in [4.78, 5) is 23.0. The van der Waals surface area contributed by atoms with Gasteiger partial charge in [-0.15, -0.1) is 0 Å². The number of carbonyl (C=O) groups excluding carboxylic acids is 2. The third-order valence-electron chi connectivity index (χ3n) is 12.5. The van der Waals surface area contributed by atoms with Crippen molar-refractivity contribution in [2.24, 2.45) is 46.3 Å². The molecule has 1 heterocycles. The van der Waals surface area contributed by atoms with Gasteiger partial charge in [-0.3, -0.25) is 9.59 Å². The van der Waals surface area contributed by atoms with Gasteiger partial charge in [0.15, 0.2) is 6.29 Å². The number of esters is 2. The second-order valence-corrected chi connectivity index (χ2v) is 15.6. The molecule has 6 heteroatoms. The minimum Gasteiger partial charge on any atom is -0.463 e. The monoisotopic (exact) mass is 598 g/mol. The number of hydrogen-bond acceptors (Lipinski definition) is 6. The Morgan fingerprint density at radius 2 is 1.77 bits per heavy atom. The van der Waals surface area contributed by atoms with Crippen LogP contribution in [0.3, 0.4) is 0 Å². The molecular formula is C37H58O6. The Bertz CT molecular complexity index is 1060. The van der Waals surface area contributed by atoms with Gasteiger partial charge in [-0.1, -0.05) is 65.5 Å². The lowest BCUT2D eigenvalue weighted by Crippen LogP contribution is -2.51. The van der Waals surface area contributed by atoms with Crippen LogP contribution in [0.25, 0.3) is 0 Å². The molecule has 0 unspecified atom stereocenters. The zero-order valence-electron chi connectivity index (χ0n) is 27.9. The first kappa shape index (κ1) is 32.7. The molecule has 6 nitrogen and oxygen atoms in total. The smallest absolute Gasteiger partial charge is 0.303 e. The second kappa shape index (κ2) is 13.4. The van der Waals surface area contributed by atoms with Crippen LogP contribution in [0.5, 0.6) is 0 Å². The zero-order valence-corrected chi connectivity index (χ0v) is 27.9. The normalized spacial score (nSPS) is 41.1. The van der Waals surface area contributed by atoms with E-state index in [-0.39, 0.29) is 18.1 Å². The molecule has 0 spiro atoms. The van der Waals surface area contributed by atoms with Crippen molar-refractivity contribution in [3.05, 3.63) is 23.8 Å². The van der Waals surface area contributed by atoms with E-state index in [2.05, 4.69) is 40.7 Å². The van der Waals surface area contributed by atoms with E-state index in [0.717, 1.165) is 54.8 Å². The number of fused-ring (bicyclic) bond motifs is 5. The number of rotatable bonds is 10. The zero-order chi connectivity index (χ0) is 30.9. The molecule has 0 aromatic heterocycles. The van der Waals surface area contributed by atoms with Crippen LogP contribution in [-0.2, 0) is 28.5 Å². The van der Waals surface area contributed by atoms with Crippen LogP contribution >= 0.6 is 0 Å². The highest BCUT2D eigenvalue weighted by Crippen LogP contribution is 2.67. The van der Waals surface area contributed by atoms with E-state index in [1.165, 1.54) is 65.2 Å². The van der Waals surface area contributed by atoms with Gasteiger partial charge in [-0.25, -0.2) is 0 Å². The standard InChI is InChI=1S/C37H58O6/c1-23(2)9-8-10-24(3)30-13-14-31-29-12-11-27-21-28(17-19-36(27,6)32(29)18-20-37(30,31)7)42-35-16-15-33(41-26(5)39)34(43-35)22-40-25(4)38/h11,15-16,23-24,28-35H,8-10,12-14,17-22H2,1-7H3/t24-,28+,29+,30-,31+,32+,33+,34-,35+,36+,37-/m1/s1. The molecule has 0 N–H and O–H groups in total. The van der Waals surface area contributed by atoms with Gasteiger partial charge in [0, 0.05) is 13.8 Å². The first-order valence-electron chi connectivity index (χ1n) is 17.4. The molecule has 0 aromatic rings. The van der Waals surface area contributed by atoms with Gasteiger partial charge in [0.05, 0.1) is 6.10 Å². The lowest BCUT2D eigenvalue weighted by atomic mass is 9.47. The van der Waals surface area contributed by atoms with Crippen LogP contribution in [0.1, 0.15) is 119 Å². The van der Waals surface area contributed by atoms with Crippen LogP contribution in [-0.4, -0.2) is 43.1 Å². The Kier molecular flexibility index (Phi) is 10.2. The summed E-state index contributed by atoms with van der Waals surface area (Å²) in [5.74, 6) is 4.24. The van der Waals surface area contributed by atoms with Crippen LogP contribution in [0.15, 0.2) is 23.8 Å². The first-order valence-corrected chi connectivity index (χ1v) is 17.4. The average Bonchev–Trinajstić information content (AvgIpc) is 3.30. The van der Waals surface area contributed by atoms with Gasteiger partial charge < -0.3 is 18.9 Å². The van der Waals surface area contributed by atoms with Crippen molar-refractivity contribution in [1.82, 2.24) is 0 Å². The van der Waals surface area contributed by atoms with Crippen LogP contribution in [0.4, 0.5) is 0 Å². The van der Waals surface area contributed by atoms with E-state index in [1.807, 2.05) is 6.08 Å².